The maximum atomic E-state index is 11.9. The Morgan fingerprint density at radius 2 is 2.28 bits per heavy atom. The monoisotopic (exact) mass is 332 g/mol. The number of pyridine rings is 1. The molecule has 0 unspecified atom stereocenters. The van der Waals surface area contributed by atoms with E-state index in [2.05, 4.69) is 31.5 Å². The number of aromatic nitrogens is 1. The van der Waals surface area contributed by atoms with Crippen LogP contribution in [0.5, 0.6) is 0 Å². The van der Waals surface area contributed by atoms with E-state index in [4.69, 9.17) is 11.6 Å². The molecule has 2 N–H and O–H groups in total. The summed E-state index contributed by atoms with van der Waals surface area (Å²) in [7, 11) is 0. The molecule has 0 aliphatic carbocycles. The Morgan fingerprint density at radius 1 is 1.56 bits per heavy atom. The van der Waals surface area contributed by atoms with Gasteiger partial charge in [-0.1, -0.05) is 11.6 Å². The van der Waals surface area contributed by atoms with Gasteiger partial charge >= 0.3 is 0 Å². The lowest BCUT2D eigenvalue weighted by molar-refractivity contribution is -0.129. The molecule has 1 saturated heterocycles. The van der Waals surface area contributed by atoms with Crippen molar-refractivity contribution in [2.24, 2.45) is 0 Å². The molecule has 98 valence electrons. The van der Waals surface area contributed by atoms with Gasteiger partial charge in [-0.25, -0.2) is 4.98 Å². The molecule has 0 atom stereocenters. The summed E-state index contributed by atoms with van der Waals surface area (Å²) in [6.45, 7) is 3.47. The van der Waals surface area contributed by atoms with Crippen molar-refractivity contribution in [3.8, 4) is 0 Å². The highest BCUT2D eigenvalue weighted by Crippen LogP contribution is 2.22. The predicted molar refractivity (Wildman–Crippen MR) is 74.9 cm³/mol. The zero-order valence-corrected chi connectivity index (χ0v) is 12.1. The van der Waals surface area contributed by atoms with Crippen LogP contribution in [-0.4, -0.2) is 48.5 Å². The van der Waals surface area contributed by atoms with Crippen molar-refractivity contribution in [1.82, 2.24) is 15.2 Å². The fourth-order valence-electron chi connectivity index (χ4n) is 1.73. The normalized spacial score (nSPS) is 15.6. The number of halogens is 2. The van der Waals surface area contributed by atoms with Gasteiger partial charge in [0.2, 0.25) is 5.91 Å². The molecule has 0 spiro atoms. The molecule has 0 radical (unpaired) electrons. The first-order valence-corrected chi connectivity index (χ1v) is 6.87. The first kappa shape index (κ1) is 13.6. The molecule has 0 saturated carbocycles. The number of hydrogen-bond donors (Lipinski definition) is 2. The molecule has 1 aromatic rings. The zero-order chi connectivity index (χ0) is 13.0. The van der Waals surface area contributed by atoms with Crippen molar-refractivity contribution < 1.29 is 4.79 Å². The Morgan fingerprint density at radius 3 is 2.94 bits per heavy atom. The quantitative estimate of drug-likeness (QED) is 0.876. The van der Waals surface area contributed by atoms with Crippen molar-refractivity contribution in [3.05, 3.63) is 21.8 Å². The summed E-state index contributed by atoms with van der Waals surface area (Å²) in [6, 6.07) is 1.74. The maximum Gasteiger partial charge on any atom is 0.242 e. The summed E-state index contributed by atoms with van der Waals surface area (Å²) < 4.78 is 0.753. The number of anilines is 1. The lowest BCUT2D eigenvalue weighted by Crippen LogP contribution is -2.48. The van der Waals surface area contributed by atoms with E-state index in [1.54, 1.807) is 12.3 Å². The van der Waals surface area contributed by atoms with Gasteiger partial charge in [0.1, 0.15) is 5.82 Å². The second-order valence-corrected chi connectivity index (χ2v) is 5.26. The minimum atomic E-state index is 0.0835. The average Bonchev–Trinajstić information content (AvgIpc) is 2.38. The van der Waals surface area contributed by atoms with Crippen LogP contribution >= 0.6 is 27.5 Å². The zero-order valence-electron chi connectivity index (χ0n) is 9.75. The molecule has 0 bridgehead atoms. The second kappa shape index (κ2) is 6.36. The summed E-state index contributed by atoms with van der Waals surface area (Å²) in [5.41, 5.74) is 0. The molecular weight excluding hydrogens is 320 g/mol. The van der Waals surface area contributed by atoms with Gasteiger partial charge in [0.25, 0.3) is 0 Å². The number of nitrogens with zero attached hydrogens (tertiary/aromatic N) is 2. The predicted octanol–water partition coefficient (Wildman–Crippen LogP) is 1.34. The highest BCUT2D eigenvalue weighted by molar-refractivity contribution is 9.10. The lowest BCUT2D eigenvalue weighted by Gasteiger charge is -2.27. The summed E-state index contributed by atoms with van der Waals surface area (Å²) in [4.78, 5) is 17.9. The smallest absolute Gasteiger partial charge is 0.242 e. The Balaban J connectivity index is 1.88. The summed E-state index contributed by atoms with van der Waals surface area (Å²) in [5, 5.41) is 6.78. The van der Waals surface area contributed by atoms with Crippen LogP contribution in [0.3, 0.4) is 0 Å². The van der Waals surface area contributed by atoms with Crippen LogP contribution in [0.15, 0.2) is 16.7 Å². The third kappa shape index (κ3) is 3.57. The molecular formula is C11H14BrClN4O. The number of carbonyl (C=O) groups is 1. The molecule has 2 heterocycles. The number of piperazine rings is 1. The standard InChI is InChI=1S/C11H14BrClN4O/c12-9-5-8(13)6-15-11(9)16-7-10(18)17-3-1-14-2-4-17/h5-6,14H,1-4,7H2,(H,15,16). The summed E-state index contributed by atoms with van der Waals surface area (Å²) >= 11 is 9.15. The van der Waals surface area contributed by atoms with Crippen LogP contribution in [0, 0.1) is 0 Å². The van der Waals surface area contributed by atoms with Crippen LogP contribution in [0.25, 0.3) is 0 Å². The van der Waals surface area contributed by atoms with E-state index in [1.165, 1.54) is 0 Å². The Bertz CT molecular complexity index is 437. The van der Waals surface area contributed by atoms with Crippen LogP contribution in [0.1, 0.15) is 0 Å². The first-order valence-electron chi connectivity index (χ1n) is 5.70. The fraction of sp³-hybridized carbons (Fsp3) is 0.455. The van der Waals surface area contributed by atoms with Gasteiger partial charge in [0.05, 0.1) is 16.0 Å². The van der Waals surface area contributed by atoms with E-state index >= 15 is 0 Å². The molecule has 2 rings (SSSR count). The van der Waals surface area contributed by atoms with E-state index in [9.17, 15) is 4.79 Å². The van der Waals surface area contributed by atoms with Crippen molar-refractivity contribution in [2.75, 3.05) is 38.0 Å². The number of hydrogen-bond acceptors (Lipinski definition) is 4. The summed E-state index contributed by atoms with van der Waals surface area (Å²) in [5.74, 6) is 0.711. The van der Waals surface area contributed by atoms with Crippen molar-refractivity contribution in [3.63, 3.8) is 0 Å². The average molecular weight is 334 g/mol. The first-order chi connectivity index (χ1) is 8.66. The van der Waals surface area contributed by atoms with Crippen molar-refractivity contribution >= 4 is 39.3 Å². The van der Waals surface area contributed by atoms with Gasteiger partial charge in [-0.3, -0.25) is 4.79 Å². The Hall–Kier alpha value is -0.850. The van der Waals surface area contributed by atoms with E-state index in [-0.39, 0.29) is 12.5 Å². The molecule has 1 amide bonds. The topological polar surface area (TPSA) is 57.3 Å². The van der Waals surface area contributed by atoms with Gasteiger partial charge < -0.3 is 15.5 Å². The van der Waals surface area contributed by atoms with Crippen LogP contribution in [0.4, 0.5) is 5.82 Å². The molecule has 18 heavy (non-hydrogen) atoms. The van der Waals surface area contributed by atoms with Crippen molar-refractivity contribution in [2.45, 2.75) is 0 Å². The Kier molecular flexibility index (Phi) is 4.79. The van der Waals surface area contributed by atoms with E-state index in [0.717, 1.165) is 30.7 Å². The number of amides is 1. The van der Waals surface area contributed by atoms with Gasteiger partial charge in [-0.05, 0) is 22.0 Å². The van der Waals surface area contributed by atoms with Gasteiger partial charge in [0.15, 0.2) is 0 Å². The second-order valence-electron chi connectivity index (χ2n) is 3.97. The number of carbonyl (C=O) groups excluding carboxylic acids is 1. The van der Waals surface area contributed by atoms with E-state index in [1.807, 2.05) is 4.90 Å². The molecule has 1 fully saturated rings. The lowest BCUT2D eigenvalue weighted by atomic mass is 10.3. The van der Waals surface area contributed by atoms with Gasteiger partial charge in [0, 0.05) is 32.4 Å². The Labute approximate surface area is 119 Å². The van der Waals surface area contributed by atoms with Gasteiger partial charge in [-0.2, -0.15) is 0 Å². The van der Waals surface area contributed by atoms with E-state index < -0.39 is 0 Å². The third-order valence-electron chi connectivity index (χ3n) is 2.68. The van der Waals surface area contributed by atoms with Crippen LogP contribution in [-0.2, 0) is 4.79 Å². The fourth-order valence-corrected chi connectivity index (χ4v) is 2.51. The van der Waals surface area contributed by atoms with Crippen LogP contribution < -0.4 is 10.6 Å². The molecule has 1 aliphatic heterocycles. The highest BCUT2D eigenvalue weighted by Gasteiger charge is 2.16. The maximum absolute atomic E-state index is 11.9. The highest BCUT2D eigenvalue weighted by atomic mass is 79.9. The minimum Gasteiger partial charge on any atom is -0.360 e. The van der Waals surface area contributed by atoms with Crippen molar-refractivity contribution in [1.29, 1.82) is 0 Å². The molecule has 1 aromatic heterocycles. The molecule has 7 heteroatoms. The molecule has 5 nitrogen and oxygen atoms in total. The van der Waals surface area contributed by atoms with Crippen LogP contribution in [0.2, 0.25) is 5.02 Å². The minimum absolute atomic E-state index is 0.0835. The largest absolute Gasteiger partial charge is 0.360 e. The van der Waals surface area contributed by atoms with Gasteiger partial charge in [-0.15, -0.1) is 0 Å². The SMILES string of the molecule is O=C(CNc1ncc(Cl)cc1Br)N1CCNCC1. The summed E-state index contributed by atoms with van der Waals surface area (Å²) in [6.07, 6.45) is 1.55. The molecule has 1 aliphatic rings. The third-order valence-corrected chi connectivity index (χ3v) is 3.50. The molecule has 0 aromatic carbocycles. The number of rotatable bonds is 3. The van der Waals surface area contributed by atoms with E-state index in [0.29, 0.717) is 10.8 Å². The number of nitrogens with one attached hydrogen (secondary N) is 2.